The number of thiophene rings is 1. The van der Waals surface area contributed by atoms with Gasteiger partial charge >= 0.3 is 6.18 Å². The number of nitrogens with two attached hydrogens (primary N) is 1. The van der Waals surface area contributed by atoms with Crippen molar-refractivity contribution >= 4 is 44.2 Å². The minimum absolute atomic E-state index is 0.0434. The van der Waals surface area contributed by atoms with Crippen LogP contribution >= 0.6 is 11.3 Å². The number of rotatable bonds is 7. The van der Waals surface area contributed by atoms with Crippen LogP contribution in [-0.4, -0.2) is 54.9 Å². The van der Waals surface area contributed by atoms with Gasteiger partial charge in [-0.2, -0.15) is 28.5 Å². The van der Waals surface area contributed by atoms with Crippen LogP contribution in [0.15, 0.2) is 36.7 Å². The molecule has 0 saturated carbocycles. The molecule has 212 valence electrons. The number of alkyl halides is 3. The Kier molecular flexibility index (Phi) is 7.04. The van der Waals surface area contributed by atoms with Gasteiger partial charge in [-0.25, -0.2) is 4.98 Å². The predicted octanol–water partition coefficient (Wildman–Crippen LogP) is 5.36. The van der Waals surface area contributed by atoms with Crippen molar-refractivity contribution in [1.29, 1.82) is 5.26 Å². The molecule has 5 aromatic rings. The third kappa shape index (κ3) is 5.71. The van der Waals surface area contributed by atoms with Crippen molar-refractivity contribution in [1.82, 2.24) is 29.6 Å². The van der Waals surface area contributed by atoms with Gasteiger partial charge in [0.25, 0.3) is 0 Å². The number of benzene rings is 1. The molecule has 5 heterocycles. The Labute approximate surface area is 237 Å². The van der Waals surface area contributed by atoms with Gasteiger partial charge in [0.05, 0.1) is 24.5 Å². The zero-order valence-corrected chi connectivity index (χ0v) is 23.1. The Morgan fingerprint density at radius 1 is 1.17 bits per heavy atom. The lowest BCUT2D eigenvalue weighted by Gasteiger charge is -2.33. The maximum Gasteiger partial charge on any atom is 0.393 e. The third-order valence-corrected chi connectivity index (χ3v) is 8.66. The highest BCUT2D eigenvalue weighted by molar-refractivity contribution is 7.18. The molecule has 0 atom stereocenters. The van der Waals surface area contributed by atoms with Gasteiger partial charge < -0.3 is 15.6 Å². The molecular weight excluding hydrogens is 551 g/mol. The highest BCUT2D eigenvalue weighted by atomic mass is 32.1. The van der Waals surface area contributed by atoms with E-state index < -0.39 is 12.6 Å². The van der Waals surface area contributed by atoms with E-state index in [2.05, 4.69) is 55.5 Å². The second-order valence-electron chi connectivity index (χ2n) is 10.5. The lowest BCUT2D eigenvalue weighted by Crippen LogP contribution is -2.39. The summed E-state index contributed by atoms with van der Waals surface area (Å²) in [6.45, 7) is 5.17. The number of hydrogen-bond acceptors (Lipinski definition) is 8. The minimum Gasteiger partial charge on any atom is -0.368 e. The van der Waals surface area contributed by atoms with E-state index in [0.717, 1.165) is 65.8 Å². The molecule has 9 nitrogen and oxygen atoms in total. The number of nitriles is 1. The summed E-state index contributed by atoms with van der Waals surface area (Å²) >= 11 is 1.000. The minimum atomic E-state index is -4.29. The number of fused-ring (bicyclic) bond motifs is 2. The molecule has 1 aliphatic heterocycles. The number of anilines is 2. The molecule has 0 spiro atoms. The number of aromatic nitrogens is 5. The van der Waals surface area contributed by atoms with Gasteiger partial charge in [0.1, 0.15) is 22.4 Å². The van der Waals surface area contributed by atoms with Crippen LogP contribution in [0, 0.1) is 18.3 Å². The zero-order chi connectivity index (χ0) is 28.7. The number of likely N-dealkylation sites (tertiary alicyclic amines) is 1. The van der Waals surface area contributed by atoms with E-state index in [1.165, 1.54) is 11.6 Å². The third-order valence-electron chi connectivity index (χ3n) is 7.63. The molecule has 0 aliphatic carbocycles. The highest BCUT2D eigenvalue weighted by Crippen LogP contribution is 2.34. The predicted molar refractivity (Wildman–Crippen MR) is 153 cm³/mol. The molecule has 0 unspecified atom stereocenters. The first kappa shape index (κ1) is 27.0. The van der Waals surface area contributed by atoms with Crippen LogP contribution in [-0.2, 0) is 19.5 Å². The first-order valence-electron chi connectivity index (χ1n) is 13.3. The zero-order valence-electron chi connectivity index (χ0n) is 22.3. The number of piperidine rings is 1. The van der Waals surface area contributed by atoms with E-state index >= 15 is 0 Å². The molecule has 0 radical (unpaired) electrons. The summed E-state index contributed by atoms with van der Waals surface area (Å²) < 4.78 is 40.8. The second-order valence-corrected chi connectivity index (χ2v) is 11.6. The van der Waals surface area contributed by atoms with E-state index in [1.54, 1.807) is 6.20 Å². The number of halogens is 3. The summed E-state index contributed by atoms with van der Waals surface area (Å²) in [6, 6.07) is 10.2. The van der Waals surface area contributed by atoms with Gasteiger partial charge in [-0.3, -0.25) is 10.00 Å². The largest absolute Gasteiger partial charge is 0.393 e. The monoisotopic (exact) mass is 579 g/mol. The first-order valence-corrected chi connectivity index (χ1v) is 14.1. The maximum atomic E-state index is 12.9. The van der Waals surface area contributed by atoms with E-state index in [9.17, 15) is 18.4 Å². The number of aromatic amines is 1. The number of H-pyrrole nitrogens is 1. The van der Waals surface area contributed by atoms with Crippen molar-refractivity contribution in [2.75, 3.05) is 24.1 Å². The summed E-state index contributed by atoms with van der Waals surface area (Å²) in [7, 11) is 0. The number of nitrogens with zero attached hydrogens (tertiary/aromatic N) is 6. The maximum absolute atomic E-state index is 12.9. The van der Waals surface area contributed by atoms with Crippen molar-refractivity contribution in [3.05, 3.63) is 63.9 Å². The molecule has 1 fully saturated rings. The Hall–Kier alpha value is -4.15. The normalized spacial score (nSPS) is 15.1. The standard InChI is InChI=1S/C28H28F3N9S/c1-16-18(2-3-24-22(16)8-20(11-32)40(24)14-17-12-34-35-13-17)15-39-6-4-19(5-7-39)36-25-23-9-21(10-28(29,30)31)41-26(23)38-27(33)37-25/h2-3,8-9,12-13,19H,4-7,10,14-15H2,1H3,(H,34,35)(H3,33,36,37,38). The van der Waals surface area contributed by atoms with E-state index in [4.69, 9.17) is 5.73 Å². The van der Waals surface area contributed by atoms with E-state index in [1.807, 2.05) is 16.8 Å². The topological polar surface area (TPSA) is 124 Å². The van der Waals surface area contributed by atoms with Gasteiger partial charge in [0.15, 0.2) is 0 Å². The van der Waals surface area contributed by atoms with Crippen LogP contribution in [0.4, 0.5) is 24.9 Å². The number of hydrogen-bond donors (Lipinski definition) is 3. The van der Waals surface area contributed by atoms with Crippen molar-refractivity contribution < 1.29 is 13.2 Å². The molecule has 6 rings (SSSR count). The molecule has 0 bridgehead atoms. The summed E-state index contributed by atoms with van der Waals surface area (Å²) in [5.41, 5.74) is 10.9. The molecule has 41 heavy (non-hydrogen) atoms. The van der Waals surface area contributed by atoms with Gasteiger partial charge in [-0.05, 0) is 49.1 Å². The Balaban J connectivity index is 1.13. The Bertz CT molecular complexity index is 1740. The van der Waals surface area contributed by atoms with Crippen LogP contribution in [0.25, 0.3) is 21.1 Å². The van der Waals surface area contributed by atoms with Crippen molar-refractivity contribution in [2.45, 2.75) is 51.5 Å². The molecule has 4 aromatic heterocycles. The average Bonchev–Trinajstić information content (AvgIpc) is 3.65. The summed E-state index contributed by atoms with van der Waals surface area (Å²) in [4.78, 5) is 11.5. The quantitative estimate of drug-likeness (QED) is 0.237. The molecule has 13 heteroatoms. The van der Waals surface area contributed by atoms with Crippen LogP contribution in [0.2, 0.25) is 0 Å². The summed E-state index contributed by atoms with van der Waals surface area (Å²) in [6.07, 6.45) is 0.0221. The Morgan fingerprint density at radius 2 is 1.98 bits per heavy atom. The van der Waals surface area contributed by atoms with Crippen LogP contribution < -0.4 is 11.1 Å². The van der Waals surface area contributed by atoms with Gasteiger partial charge in [0, 0.05) is 53.2 Å². The van der Waals surface area contributed by atoms with Crippen LogP contribution in [0.5, 0.6) is 0 Å². The molecule has 0 amide bonds. The lowest BCUT2D eigenvalue weighted by molar-refractivity contribution is -0.126. The fourth-order valence-electron chi connectivity index (χ4n) is 5.55. The van der Waals surface area contributed by atoms with Crippen molar-refractivity contribution in [3.8, 4) is 6.07 Å². The van der Waals surface area contributed by atoms with Gasteiger partial charge in [-0.1, -0.05) is 6.07 Å². The van der Waals surface area contributed by atoms with Crippen molar-refractivity contribution in [2.24, 2.45) is 0 Å². The van der Waals surface area contributed by atoms with Crippen LogP contribution in [0.3, 0.4) is 0 Å². The van der Waals surface area contributed by atoms with Crippen molar-refractivity contribution in [3.63, 3.8) is 0 Å². The van der Waals surface area contributed by atoms with Gasteiger partial charge in [-0.15, -0.1) is 11.3 Å². The average molecular weight is 580 g/mol. The highest BCUT2D eigenvalue weighted by Gasteiger charge is 2.29. The molecule has 1 saturated heterocycles. The molecule has 1 aromatic carbocycles. The summed E-state index contributed by atoms with van der Waals surface area (Å²) in [5.74, 6) is 0.534. The number of aryl methyl sites for hydroxylation is 1. The summed E-state index contributed by atoms with van der Waals surface area (Å²) in [5, 5.41) is 21.7. The lowest BCUT2D eigenvalue weighted by atomic mass is 10.0. The molecule has 4 N–H and O–H groups in total. The van der Waals surface area contributed by atoms with E-state index in [0.29, 0.717) is 28.3 Å². The van der Waals surface area contributed by atoms with Gasteiger partial charge in [0.2, 0.25) is 5.95 Å². The SMILES string of the molecule is Cc1c(CN2CCC(Nc3nc(N)nc4sc(CC(F)(F)F)cc34)CC2)ccc2c1cc(C#N)n2Cc1cn[nH]c1. The van der Waals surface area contributed by atoms with E-state index in [-0.39, 0.29) is 16.9 Å². The molecule has 1 aliphatic rings. The first-order chi connectivity index (χ1) is 19.7. The molecular formula is C28H28F3N9S. The van der Waals surface area contributed by atoms with Crippen LogP contribution in [0.1, 0.15) is 40.1 Å². The Morgan fingerprint density at radius 3 is 2.68 bits per heavy atom. The fraction of sp³-hybridized carbons (Fsp3) is 0.357. The smallest absolute Gasteiger partial charge is 0.368 e. The fourth-order valence-corrected chi connectivity index (χ4v) is 6.62. The number of nitrogens with one attached hydrogen (secondary N) is 2. The number of nitrogen functional groups attached to an aromatic ring is 1. The second kappa shape index (κ2) is 10.7.